The van der Waals surface area contributed by atoms with E-state index in [2.05, 4.69) is 169 Å². The Balaban J connectivity index is 1.08. The zero-order chi connectivity index (χ0) is 37.1. The molecule has 6 heteroatoms. The second kappa shape index (κ2) is 11.6. The topological polar surface area (TPSA) is 48.5 Å². The molecule has 264 valence electrons. The third-order valence-corrected chi connectivity index (χ3v) is 12.9. The molecule has 0 atom stereocenters. The van der Waals surface area contributed by atoms with Crippen molar-refractivity contribution in [2.45, 2.75) is 29.1 Å². The Kier molecular flexibility index (Phi) is 6.55. The molecule has 1 aliphatic carbocycles. The molecule has 1 aliphatic heterocycles. The highest BCUT2D eigenvalue weighted by atomic mass is 32.2. The predicted octanol–water partition coefficient (Wildman–Crippen LogP) is 12.7. The van der Waals surface area contributed by atoms with Gasteiger partial charge in [-0.3, -0.25) is 9.13 Å². The Hall–Kier alpha value is -6.76. The van der Waals surface area contributed by atoms with Crippen molar-refractivity contribution in [2.75, 3.05) is 0 Å². The largest absolute Gasteiger partial charge is 0.295 e. The van der Waals surface area contributed by atoms with E-state index in [1.807, 2.05) is 30.0 Å². The van der Waals surface area contributed by atoms with Gasteiger partial charge < -0.3 is 0 Å². The molecule has 3 aromatic heterocycles. The van der Waals surface area contributed by atoms with Crippen molar-refractivity contribution < 1.29 is 0 Å². The second-order valence-electron chi connectivity index (χ2n) is 15.3. The summed E-state index contributed by atoms with van der Waals surface area (Å²) in [5.74, 6) is 1.94. The van der Waals surface area contributed by atoms with E-state index >= 15 is 0 Å². The van der Waals surface area contributed by atoms with E-state index in [1.54, 1.807) is 0 Å². The molecule has 0 amide bonds. The summed E-state index contributed by atoms with van der Waals surface area (Å²) in [4.78, 5) is 18.0. The van der Waals surface area contributed by atoms with Gasteiger partial charge in [0, 0.05) is 53.7 Å². The highest BCUT2D eigenvalue weighted by molar-refractivity contribution is 7.99. The summed E-state index contributed by atoms with van der Waals surface area (Å²) in [7, 11) is 0. The minimum atomic E-state index is -0.0782. The van der Waals surface area contributed by atoms with Crippen LogP contribution in [-0.2, 0) is 5.41 Å². The summed E-state index contributed by atoms with van der Waals surface area (Å²) in [6.07, 6.45) is 0. The average molecular weight is 736 g/mol. The molecule has 0 spiro atoms. The van der Waals surface area contributed by atoms with Gasteiger partial charge in [-0.05, 0) is 64.7 Å². The summed E-state index contributed by atoms with van der Waals surface area (Å²) in [6.45, 7) is 4.62. The third-order valence-electron chi connectivity index (χ3n) is 11.8. The van der Waals surface area contributed by atoms with Crippen molar-refractivity contribution in [3.05, 3.63) is 175 Å². The molecule has 0 bridgehead atoms. The van der Waals surface area contributed by atoms with Crippen molar-refractivity contribution in [1.82, 2.24) is 24.1 Å². The van der Waals surface area contributed by atoms with E-state index < -0.39 is 0 Å². The van der Waals surface area contributed by atoms with E-state index in [4.69, 9.17) is 15.0 Å². The van der Waals surface area contributed by atoms with Gasteiger partial charge in [0.1, 0.15) is 5.65 Å². The van der Waals surface area contributed by atoms with Crippen molar-refractivity contribution in [2.24, 2.45) is 0 Å². The molecule has 4 heterocycles. The fourth-order valence-corrected chi connectivity index (χ4v) is 10.3. The fourth-order valence-electron chi connectivity index (χ4n) is 9.18. The Bertz CT molecular complexity index is 3260. The highest BCUT2D eigenvalue weighted by Crippen LogP contribution is 2.51. The number of nitrogens with zero attached hydrogens (tertiary/aromatic N) is 5. The normalized spacial score (nSPS) is 13.6. The van der Waals surface area contributed by atoms with Crippen molar-refractivity contribution in [1.29, 1.82) is 0 Å². The van der Waals surface area contributed by atoms with Crippen molar-refractivity contribution in [3.8, 4) is 56.7 Å². The molecule has 12 rings (SSSR count). The molecule has 0 saturated heterocycles. The lowest BCUT2D eigenvalue weighted by molar-refractivity contribution is 0.660. The van der Waals surface area contributed by atoms with Gasteiger partial charge >= 0.3 is 0 Å². The smallest absolute Gasteiger partial charge is 0.164 e. The summed E-state index contributed by atoms with van der Waals surface area (Å²) >= 11 is 1.85. The quantitative estimate of drug-likeness (QED) is 0.181. The molecular formula is C50H33N5S. The van der Waals surface area contributed by atoms with Crippen LogP contribution in [0.1, 0.15) is 25.0 Å². The standard InChI is InChI=1S/C50H33N5S/c1-50(2)38-21-8-6-18-34(38)37-29-32(26-27-39(37)50)48-52-46(30-14-4-3-5-15-30)51-47(53-48)31-16-12-17-33(28-31)54-40-22-9-7-19-35(40)44-36-20-13-25-43-45(36)55(49(44)54)41-23-10-11-24-42(41)56-43/h3-29H,1-2H3. The molecule has 0 N–H and O–H groups in total. The van der Waals surface area contributed by atoms with Gasteiger partial charge in [-0.1, -0.05) is 147 Å². The molecule has 10 aromatic rings. The van der Waals surface area contributed by atoms with Crippen LogP contribution in [0.2, 0.25) is 0 Å². The number of hydrogen-bond donors (Lipinski definition) is 0. The molecule has 0 unspecified atom stereocenters. The summed E-state index contributed by atoms with van der Waals surface area (Å²) in [5, 5.41) is 3.75. The monoisotopic (exact) mass is 735 g/mol. The lowest BCUT2D eigenvalue weighted by Gasteiger charge is -2.21. The Morgan fingerprint density at radius 3 is 2.00 bits per heavy atom. The van der Waals surface area contributed by atoms with E-state index in [9.17, 15) is 0 Å². The van der Waals surface area contributed by atoms with E-state index in [0.717, 1.165) is 33.5 Å². The van der Waals surface area contributed by atoms with Crippen LogP contribution in [0.3, 0.4) is 0 Å². The molecule has 0 saturated carbocycles. The molecule has 56 heavy (non-hydrogen) atoms. The fraction of sp³-hybridized carbons (Fsp3) is 0.0600. The second-order valence-corrected chi connectivity index (χ2v) is 16.3. The summed E-state index contributed by atoms with van der Waals surface area (Å²) in [5.41, 5.74) is 13.8. The third kappa shape index (κ3) is 4.42. The van der Waals surface area contributed by atoms with Crippen LogP contribution in [0.4, 0.5) is 0 Å². The minimum Gasteiger partial charge on any atom is -0.295 e. The van der Waals surface area contributed by atoms with Gasteiger partial charge in [0.15, 0.2) is 17.5 Å². The van der Waals surface area contributed by atoms with Gasteiger partial charge in [-0.25, -0.2) is 15.0 Å². The maximum Gasteiger partial charge on any atom is 0.164 e. The van der Waals surface area contributed by atoms with Crippen LogP contribution in [-0.4, -0.2) is 24.1 Å². The van der Waals surface area contributed by atoms with E-state index in [1.165, 1.54) is 59.4 Å². The maximum atomic E-state index is 5.24. The number of hydrogen-bond acceptors (Lipinski definition) is 4. The average Bonchev–Trinajstić information content (AvgIpc) is 3.85. The highest BCUT2D eigenvalue weighted by Gasteiger charge is 2.35. The zero-order valence-corrected chi connectivity index (χ0v) is 31.5. The SMILES string of the molecule is CC1(C)c2ccccc2-c2cc(-c3nc(-c4ccccc4)nc(-c4cccc(-n5c6ccccc6c6c7cccc8c7n(c65)-c5ccccc5S8)c4)n3)ccc21. The molecule has 0 fully saturated rings. The molecule has 5 nitrogen and oxygen atoms in total. The van der Waals surface area contributed by atoms with Gasteiger partial charge in [0.2, 0.25) is 0 Å². The Morgan fingerprint density at radius 1 is 0.482 bits per heavy atom. The van der Waals surface area contributed by atoms with Crippen LogP contribution in [0.5, 0.6) is 0 Å². The molecule has 7 aromatic carbocycles. The number of benzene rings is 7. The first kappa shape index (κ1) is 31.6. The van der Waals surface area contributed by atoms with Crippen molar-refractivity contribution in [3.63, 3.8) is 0 Å². The van der Waals surface area contributed by atoms with Crippen LogP contribution in [0.15, 0.2) is 174 Å². The van der Waals surface area contributed by atoms with Gasteiger partial charge in [0.25, 0.3) is 0 Å². The van der Waals surface area contributed by atoms with Crippen LogP contribution in [0, 0.1) is 0 Å². The summed E-state index contributed by atoms with van der Waals surface area (Å²) in [6, 6.07) is 58.6. The predicted molar refractivity (Wildman–Crippen MR) is 229 cm³/mol. The van der Waals surface area contributed by atoms with Gasteiger partial charge in [0.05, 0.1) is 16.7 Å². The molecule has 0 radical (unpaired) electrons. The Labute approximate surface area is 328 Å². The van der Waals surface area contributed by atoms with E-state index in [-0.39, 0.29) is 5.41 Å². The zero-order valence-electron chi connectivity index (χ0n) is 30.7. The Morgan fingerprint density at radius 2 is 1.12 bits per heavy atom. The van der Waals surface area contributed by atoms with Crippen LogP contribution >= 0.6 is 11.8 Å². The van der Waals surface area contributed by atoms with Gasteiger partial charge in [-0.2, -0.15) is 0 Å². The van der Waals surface area contributed by atoms with Crippen molar-refractivity contribution >= 4 is 44.6 Å². The maximum absolute atomic E-state index is 5.24. The number of aromatic nitrogens is 5. The first-order valence-corrected chi connectivity index (χ1v) is 19.9. The lowest BCUT2D eigenvalue weighted by atomic mass is 9.82. The molecule has 2 aliphatic rings. The van der Waals surface area contributed by atoms with Crippen LogP contribution in [0.25, 0.3) is 89.5 Å². The number of rotatable bonds is 4. The first-order valence-electron chi connectivity index (χ1n) is 19.0. The first-order chi connectivity index (χ1) is 27.5. The van der Waals surface area contributed by atoms with E-state index in [0.29, 0.717) is 17.5 Å². The summed E-state index contributed by atoms with van der Waals surface area (Å²) < 4.78 is 4.89. The van der Waals surface area contributed by atoms with Crippen LogP contribution < -0.4 is 0 Å². The number of para-hydroxylation sites is 3. The van der Waals surface area contributed by atoms with Gasteiger partial charge in [-0.15, -0.1) is 0 Å². The molecular weight excluding hydrogens is 703 g/mol. The lowest BCUT2D eigenvalue weighted by Crippen LogP contribution is -2.14. The number of fused-ring (bicyclic) bond motifs is 10. The minimum absolute atomic E-state index is 0.0782.